The fourth-order valence-corrected chi connectivity index (χ4v) is 7.66. The second-order valence-electron chi connectivity index (χ2n) is 6.87. The van der Waals surface area contributed by atoms with E-state index in [-0.39, 0.29) is 34.8 Å². The van der Waals surface area contributed by atoms with Crippen LogP contribution in [0.2, 0.25) is 0 Å². The van der Waals surface area contributed by atoms with Crippen molar-refractivity contribution in [3.63, 3.8) is 0 Å². The minimum atomic E-state index is -3.03. The highest BCUT2D eigenvalue weighted by atomic mass is 32.2. The average molecular weight is 470 g/mol. The van der Waals surface area contributed by atoms with Crippen LogP contribution in [0.3, 0.4) is 0 Å². The number of rotatable bonds is 6. The van der Waals surface area contributed by atoms with E-state index < -0.39 is 9.84 Å². The highest BCUT2D eigenvalue weighted by Crippen LogP contribution is 2.33. The SMILES string of the molecule is CN(C(=O)CSCc1nc2scc(-c3cccs3)c2c(=O)[nH]1)[C@@H]1CCS(=O)(=O)C1. The first-order chi connectivity index (χ1) is 13.8. The van der Waals surface area contributed by atoms with E-state index in [9.17, 15) is 18.0 Å². The lowest BCUT2D eigenvalue weighted by Gasteiger charge is -2.23. The molecule has 1 amide bonds. The maximum atomic E-state index is 12.6. The van der Waals surface area contributed by atoms with Crippen LogP contribution < -0.4 is 5.56 Å². The standard InChI is InChI=1S/C18H19N3O4S4/c1-21(11-4-6-29(24,25)10-11)15(22)9-26-8-14-19-17(23)16-12(7-28-18(16)20-14)13-3-2-5-27-13/h2-3,5,7,11H,4,6,8-10H2,1H3,(H,19,20,23)/t11-/m1/s1. The molecule has 29 heavy (non-hydrogen) atoms. The summed E-state index contributed by atoms with van der Waals surface area (Å²) in [6.07, 6.45) is 0.492. The highest BCUT2D eigenvalue weighted by Gasteiger charge is 2.32. The van der Waals surface area contributed by atoms with E-state index in [0.29, 0.717) is 28.2 Å². The molecule has 0 aromatic carbocycles. The third kappa shape index (κ3) is 4.42. The summed E-state index contributed by atoms with van der Waals surface area (Å²) in [4.78, 5) is 35.6. The number of aromatic nitrogens is 2. The van der Waals surface area contributed by atoms with Crippen LogP contribution in [-0.4, -0.2) is 59.5 Å². The van der Waals surface area contributed by atoms with Crippen molar-refractivity contribution in [3.05, 3.63) is 39.1 Å². The van der Waals surface area contributed by atoms with Crippen LogP contribution in [0.1, 0.15) is 12.2 Å². The molecular weight excluding hydrogens is 450 g/mol. The van der Waals surface area contributed by atoms with Gasteiger partial charge >= 0.3 is 0 Å². The van der Waals surface area contributed by atoms with E-state index in [2.05, 4.69) is 9.97 Å². The molecule has 1 N–H and O–H groups in total. The van der Waals surface area contributed by atoms with E-state index in [4.69, 9.17) is 0 Å². The minimum Gasteiger partial charge on any atom is -0.341 e. The molecule has 0 saturated carbocycles. The molecule has 4 heterocycles. The third-order valence-electron chi connectivity index (χ3n) is 4.89. The summed E-state index contributed by atoms with van der Waals surface area (Å²) in [5.41, 5.74) is 0.728. The van der Waals surface area contributed by atoms with E-state index >= 15 is 0 Å². The number of amides is 1. The number of hydrogen-bond donors (Lipinski definition) is 1. The van der Waals surface area contributed by atoms with Crippen molar-refractivity contribution < 1.29 is 13.2 Å². The topological polar surface area (TPSA) is 100 Å². The number of carbonyl (C=O) groups is 1. The van der Waals surface area contributed by atoms with Crippen molar-refractivity contribution in [2.24, 2.45) is 0 Å². The second kappa shape index (κ2) is 8.21. The molecule has 154 valence electrons. The smallest absolute Gasteiger partial charge is 0.260 e. The molecular formula is C18H19N3O4S4. The van der Waals surface area contributed by atoms with Crippen LogP contribution in [0, 0.1) is 0 Å². The summed E-state index contributed by atoms with van der Waals surface area (Å²) < 4.78 is 23.2. The van der Waals surface area contributed by atoms with Crippen LogP contribution >= 0.6 is 34.4 Å². The van der Waals surface area contributed by atoms with Gasteiger partial charge < -0.3 is 9.88 Å². The Morgan fingerprint density at radius 2 is 2.24 bits per heavy atom. The molecule has 3 aromatic heterocycles. The van der Waals surface area contributed by atoms with E-state index in [1.807, 2.05) is 22.9 Å². The number of aromatic amines is 1. The number of carbonyl (C=O) groups excluding carboxylic acids is 1. The lowest BCUT2D eigenvalue weighted by atomic mass is 10.2. The zero-order chi connectivity index (χ0) is 20.6. The van der Waals surface area contributed by atoms with Gasteiger partial charge in [-0.05, 0) is 17.9 Å². The van der Waals surface area contributed by atoms with Gasteiger partial charge in [0.05, 0.1) is 28.4 Å². The van der Waals surface area contributed by atoms with Gasteiger partial charge in [0, 0.05) is 28.9 Å². The molecule has 4 rings (SSSR count). The lowest BCUT2D eigenvalue weighted by molar-refractivity contribution is -0.128. The Hall–Kier alpha value is -1.69. The van der Waals surface area contributed by atoms with Gasteiger partial charge in [0.15, 0.2) is 9.84 Å². The van der Waals surface area contributed by atoms with Gasteiger partial charge in [-0.3, -0.25) is 9.59 Å². The predicted octanol–water partition coefficient (Wildman–Crippen LogP) is 2.59. The maximum absolute atomic E-state index is 12.6. The van der Waals surface area contributed by atoms with Crippen molar-refractivity contribution in [3.8, 4) is 10.4 Å². The quantitative estimate of drug-likeness (QED) is 0.596. The van der Waals surface area contributed by atoms with Crippen LogP contribution in [-0.2, 0) is 20.4 Å². The monoisotopic (exact) mass is 469 g/mol. The van der Waals surface area contributed by atoms with Crippen molar-refractivity contribution in [1.82, 2.24) is 14.9 Å². The molecule has 11 heteroatoms. The van der Waals surface area contributed by atoms with Gasteiger partial charge in [-0.15, -0.1) is 34.4 Å². The fraction of sp³-hybridized carbons (Fsp3) is 0.389. The largest absolute Gasteiger partial charge is 0.341 e. The van der Waals surface area contributed by atoms with Crippen LogP contribution in [0.25, 0.3) is 20.7 Å². The van der Waals surface area contributed by atoms with Crippen molar-refractivity contribution in [2.75, 3.05) is 24.3 Å². The number of nitrogens with one attached hydrogen (secondary N) is 1. The summed E-state index contributed by atoms with van der Waals surface area (Å²) in [6.45, 7) is 0. The number of nitrogens with zero attached hydrogens (tertiary/aromatic N) is 2. The molecule has 7 nitrogen and oxygen atoms in total. The summed E-state index contributed by atoms with van der Waals surface area (Å²) in [6, 6.07) is 3.68. The molecule has 3 aromatic rings. The molecule has 0 unspecified atom stereocenters. The number of fused-ring (bicyclic) bond motifs is 1. The Balaban J connectivity index is 1.40. The van der Waals surface area contributed by atoms with Gasteiger partial charge in [-0.25, -0.2) is 13.4 Å². The molecule has 0 radical (unpaired) electrons. The summed E-state index contributed by atoms with van der Waals surface area (Å²) >= 11 is 4.37. The van der Waals surface area contributed by atoms with Gasteiger partial charge in [0.2, 0.25) is 5.91 Å². The molecule has 1 saturated heterocycles. The zero-order valence-electron chi connectivity index (χ0n) is 15.6. The Morgan fingerprint density at radius 3 is 2.93 bits per heavy atom. The zero-order valence-corrected chi connectivity index (χ0v) is 18.8. The number of hydrogen-bond acceptors (Lipinski definition) is 8. The highest BCUT2D eigenvalue weighted by molar-refractivity contribution is 7.99. The summed E-state index contributed by atoms with van der Waals surface area (Å²) in [5.74, 6) is 1.21. The van der Waals surface area contributed by atoms with E-state index in [1.54, 1.807) is 18.4 Å². The Morgan fingerprint density at radius 1 is 1.41 bits per heavy atom. The molecule has 1 fully saturated rings. The third-order valence-corrected chi connectivity index (χ3v) is 9.35. The van der Waals surface area contributed by atoms with Gasteiger partial charge in [-0.2, -0.15) is 0 Å². The minimum absolute atomic E-state index is 0.0381. The van der Waals surface area contributed by atoms with Gasteiger partial charge in [0.25, 0.3) is 5.56 Å². The first-order valence-corrected chi connectivity index (χ1v) is 13.7. The Bertz CT molecular complexity index is 1200. The molecule has 0 bridgehead atoms. The van der Waals surface area contributed by atoms with Crippen LogP contribution in [0.15, 0.2) is 27.7 Å². The number of thiophene rings is 2. The predicted molar refractivity (Wildman–Crippen MR) is 120 cm³/mol. The van der Waals surface area contributed by atoms with Crippen molar-refractivity contribution >= 4 is 60.4 Å². The molecule has 0 aliphatic carbocycles. The number of thioether (sulfide) groups is 1. The number of sulfone groups is 1. The summed E-state index contributed by atoms with van der Waals surface area (Å²) in [7, 11) is -1.37. The normalized spacial score (nSPS) is 18.3. The Labute approximate surface area is 180 Å². The maximum Gasteiger partial charge on any atom is 0.260 e. The van der Waals surface area contributed by atoms with Crippen molar-refractivity contribution in [1.29, 1.82) is 0 Å². The first-order valence-electron chi connectivity index (χ1n) is 8.92. The van der Waals surface area contributed by atoms with E-state index in [0.717, 1.165) is 10.4 Å². The van der Waals surface area contributed by atoms with Gasteiger partial charge in [-0.1, -0.05) is 6.07 Å². The van der Waals surface area contributed by atoms with Crippen LogP contribution in [0.5, 0.6) is 0 Å². The van der Waals surface area contributed by atoms with Crippen molar-refractivity contribution in [2.45, 2.75) is 18.2 Å². The number of H-pyrrole nitrogens is 1. The van der Waals surface area contributed by atoms with Gasteiger partial charge in [0.1, 0.15) is 10.7 Å². The fourth-order valence-electron chi connectivity index (χ4n) is 3.30. The average Bonchev–Trinajstić information content (AvgIpc) is 3.40. The first kappa shape index (κ1) is 20.6. The lowest BCUT2D eigenvalue weighted by Crippen LogP contribution is -2.38. The van der Waals surface area contributed by atoms with E-state index in [1.165, 1.54) is 28.0 Å². The van der Waals surface area contributed by atoms with Crippen LogP contribution in [0.4, 0.5) is 0 Å². The second-order valence-corrected chi connectivity index (χ2v) is 11.9. The molecule has 1 atom stereocenters. The molecule has 1 aliphatic rings. The molecule has 0 spiro atoms. The Kier molecular flexibility index (Phi) is 5.83. The summed E-state index contributed by atoms with van der Waals surface area (Å²) in [5, 5.41) is 4.52. The molecule has 1 aliphatic heterocycles.